The Morgan fingerprint density at radius 1 is 0.935 bits per heavy atom. The highest BCUT2D eigenvalue weighted by Crippen LogP contribution is 2.61. The molecular weight excluding hydrogens is 590 g/mol. The van der Waals surface area contributed by atoms with Crippen LogP contribution in [-0.4, -0.2) is 69.0 Å². The van der Waals surface area contributed by atoms with Crippen LogP contribution in [0.15, 0.2) is 18.3 Å². The fraction of sp³-hybridized carbons (Fsp3) is 0.647. The molecule has 4 aliphatic carbocycles. The summed E-state index contributed by atoms with van der Waals surface area (Å²) in [7, 11) is 3.13. The van der Waals surface area contributed by atoms with Gasteiger partial charge in [-0.1, -0.05) is 0 Å². The zero-order chi connectivity index (χ0) is 32.5. The van der Waals surface area contributed by atoms with Crippen LogP contribution in [0.5, 0.6) is 17.2 Å². The summed E-state index contributed by atoms with van der Waals surface area (Å²) in [5.74, 6) is 4.34. The number of aromatic nitrogens is 2. The Bertz CT molecular complexity index is 1290. The van der Waals surface area contributed by atoms with Gasteiger partial charge in [-0.2, -0.15) is 4.98 Å². The first-order valence-corrected chi connectivity index (χ1v) is 16.5. The maximum Gasteiger partial charge on any atom is 0.306 e. The number of esters is 1. The van der Waals surface area contributed by atoms with Crippen molar-refractivity contribution >= 4 is 23.6 Å². The second-order valence-corrected chi connectivity index (χ2v) is 13.2. The highest BCUT2D eigenvalue weighted by molar-refractivity contribution is 5.75. The molecule has 0 atom stereocenters. The van der Waals surface area contributed by atoms with Gasteiger partial charge in [0.05, 0.1) is 40.5 Å². The van der Waals surface area contributed by atoms with Gasteiger partial charge in [-0.25, -0.2) is 4.98 Å². The van der Waals surface area contributed by atoms with Gasteiger partial charge in [-0.15, -0.1) is 0 Å². The third kappa shape index (κ3) is 8.92. The number of unbranched alkanes of at least 4 members (excludes halogenated alkanes) is 1. The summed E-state index contributed by atoms with van der Waals surface area (Å²) in [6.45, 7) is 1.75. The van der Waals surface area contributed by atoms with Crippen molar-refractivity contribution in [3.8, 4) is 17.2 Å². The number of hydrogen-bond donors (Lipinski definition) is 3. The number of methoxy groups -OCH3 is 2. The lowest BCUT2D eigenvalue weighted by Crippen LogP contribution is -2.47. The summed E-state index contributed by atoms with van der Waals surface area (Å²) >= 11 is 0. The SMILES string of the molecule is COc1cc(Cc2cnc(N)nc2N)cc(OC)c1OCCCCC(=O)NCCOCCOC(=O)CC12CC3CC(CC(C3)C1)C2. The lowest BCUT2D eigenvalue weighted by molar-refractivity contribution is -0.153. The molecule has 1 aromatic heterocycles. The molecule has 4 aliphatic rings. The summed E-state index contributed by atoms with van der Waals surface area (Å²) in [5, 5.41) is 2.87. The number of carbonyl (C=O) groups is 2. The molecule has 0 radical (unpaired) electrons. The lowest BCUT2D eigenvalue weighted by Gasteiger charge is -2.56. The molecule has 0 saturated heterocycles. The van der Waals surface area contributed by atoms with Gasteiger partial charge in [-0.3, -0.25) is 9.59 Å². The van der Waals surface area contributed by atoms with Gasteiger partial charge >= 0.3 is 5.97 Å². The standard InChI is InChI=1S/C34H49N5O7/c1-42-27-15-22(14-26-21-38-33(36)39-32(26)35)16-28(43-2)31(27)46-7-4-3-5-29(40)37-6-8-44-9-10-45-30(41)20-34-17-23-11-24(18-34)13-25(12-23)19-34/h15-16,21,23-25H,3-14,17-20H2,1-2H3,(H,37,40)(H4,35,36,38,39). The number of amides is 1. The van der Waals surface area contributed by atoms with Crippen molar-refractivity contribution in [2.75, 3.05) is 58.7 Å². The molecule has 4 saturated carbocycles. The maximum atomic E-state index is 12.5. The van der Waals surface area contributed by atoms with E-state index in [-0.39, 0.29) is 29.8 Å². The number of nitrogens with two attached hydrogens (primary N) is 2. The van der Waals surface area contributed by atoms with Crippen LogP contribution in [0.3, 0.4) is 0 Å². The first-order valence-electron chi connectivity index (χ1n) is 16.5. The molecule has 1 aromatic carbocycles. The Labute approximate surface area is 271 Å². The Hall–Kier alpha value is -3.80. The van der Waals surface area contributed by atoms with E-state index < -0.39 is 0 Å². The summed E-state index contributed by atoms with van der Waals surface area (Å²) in [6, 6.07) is 3.72. The zero-order valence-electron chi connectivity index (χ0n) is 27.2. The van der Waals surface area contributed by atoms with Crippen LogP contribution in [0.1, 0.15) is 75.3 Å². The molecule has 0 aliphatic heterocycles. The molecule has 1 heterocycles. The fourth-order valence-electron chi connectivity index (χ4n) is 8.06. The van der Waals surface area contributed by atoms with Crippen LogP contribution in [0.2, 0.25) is 0 Å². The van der Waals surface area contributed by atoms with Crippen molar-refractivity contribution < 1.29 is 33.3 Å². The van der Waals surface area contributed by atoms with E-state index in [0.29, 0.717) is 81.5 Å². The predicted molar refractivity (Wildman–Crippen MR) is 173 cm³/mol. The Kier molecular flexibility index (Phi) is 11.4. The van der Waals surface area contributed by atoms with Gasteiger partial charge in [0.25, 0.3) is 0 Å². The molecule has 252 valence electrons. The molecule has 4 fully saturated rings. The second kappa shape index (κ2) is 15.7. The minimum Gasteiger partial charge on any atom is -0.493 e. The van der Waals surface area contributed by atoms with Gasteiger partial charge in [0, 0.05) is 31.1 Å². The second-order valence-electron chi connectivity index (χ2n) is 13.2. The van der Waals surface area contributed by atoms with Crippen molar-refractivity contribution in [3.63, 3.8) is 0 Å². The van der Waals surface area contributed by atoms with Crippen LogP contribution in [0, 0.1) is 23.2 Å². The van der Waals surface area contributed by atoms with Crippen molar-refractivity contribution in [1.82, 2.24) is 15.3 Å². The van der Waals surface area contributed by atoms with Gasteiger partial charge in [0.15, 0.2) is 11.5 Å². The Balaban J connectivity index is 0.919. The first-order chi connectivity index (χ1) is 22.3. The average molecular weight is 640 g/mol. The van der Waals surface area contributed by atoms with E-state index in [1.54, 1.807) is 20.4 Å². The highest BCUT2D eigenvalue weighted by atomic mass is 16.6. The summed E-state index contributed by atoms with van der Waals surface area (Å²) in [6.07, 6.45) is 12.1. The van der Waals surface area contributed by atoms with Crippen LogP contribution >= 0.6 is 0 Å². The zero-order valence-corrected chi connectivity index (χ0v) is 27.2. The highest BCUT2D eigenvalue weighted by Gasteiger charge is 2.51. The third-order valence-corrected chi connectivity index (χ3v) is 9.62. The molecular formula is C34H49N5O7. The monoisotopic (exact) mass is 639 g/mol. The molecule has 0 spiro atoms. The predicted octanol–water partition coefficient (Wildman–Crippen LogP) is 4.08. The maximum absolute atomic E-state index is 12.5. The number of anilines is 2. The van der Waals surface area contributed by atoms with E-state index in [9.17, 15) is 9.59 Å². The average Bonchev–Trinajstić information content (AvgIpc) is 3.01. The molecule has 46 heavy (non-hydrogen) atoms. The topological polar surface area (TPSA) is 170 Å². The number of ether oxygens (including phenoxy) is 5. The molecule has 0 unspecified atom stereocenters. The largest absolute Gasteiger partial charge is 0.493 e. The number of hydrogen-bond acceptors (Lipinski definition) is 11. The number of rotatable bonds is 18. The van der Waals surface area contributed by atoms with Crippen LogP contribution in [0.4, 0.5) is 11.8 Å². The summed E-state index contributed by atoms with van der Waals surface area (Å²) in [4.78, 5) is 32.8. The Morgan fingerprint density at radius 2 is 1.61 bits per heavy atom. The molecule has 4 bridgehead atoms. The van der Waals surface area contributed by atoms with Gasteiger partial charge in [0.1, 0.15) is 12.4 Å². The minimum absolute atomic E-state index is 0.0453. The van der Waals surface area contributed by atoms with Gasteiger partial charge in [0.2, 0.25) is 17.6 Å². The molecule has 6 rings (SSSR count). The van der Waals surface area contributed by atoms with E-state index in [4.69, 9.17) is 35.2 Å². The molecule has 1 amide bonds. The van der Waals surface area contributed by atoms with Crippen molar-refractivity contribution in [1.29, 1.82) is 0 Å². The van der Waals surface area contributed by atoms with E-state index in [0.717, 1.165) is 28.9 Å². The first kappa shape index (κ1) is 33.6. The lowest BCUT2D eigenvalue weighted by atomic mass is 9.49. The fourth-order valence-corrected chi connectivity index (χ4v) is 8.06. The Morgan fingerprint density at radius 3 is 2.24 bits per heavy atom. The number of nitrogens with one attached hydrogen (secondary N) is 1. The number of carbonyl (C=O) groups excluding carboxylic acids is 2. The van der Waals surface area contributed by atoms with Crippen LogP contribution in [0.25, 0.3) is 0 Å². The normalized spacial score (nSPS) is 22.8. The van der Waals surface area contributed by atoms with Crippen molar-refractivity contribution in [3.05, 3.63) is 29.5 Å². The molecule has 12 nitrogen and oxygen atoms in total. The van der Waals surface area contributed by atoms with E-state index in [1.165, 1.54) is 38.5 Å². The van der Waals surface area contributed by atoms with Crippen LogP contribution < -0.4 is 31.0 Å². The van der Waals surface area contributed by atoms with Gasteiger partial charge < -0.3 is 40.5 Å². The summed E-state index contributed by atoms with van der Waals surface area (Å²) < 4.78 is 28.2. The minimum atomic E-state index is -0.0905. The van der Waals surface area contributed by atoms with E-state index in [1.807, 2.05) is 12.1 Å². The number of nitrogens with zero attached hydrogens (tertiary/aromatic N) is 2. The quantitative estimate of drug-likeness (QED) is 0.159. The number of benzene rings is 1. The third-order valence-electron chi connectivity index (χ3n) is 9.62. The molecule has 2 aromatic rings. The van der Waals surface area contributed by atoms with Crippen LogP contribution in [-0.2, 0) is 25.5 Å². The van der Waals surface area contributed by atoms with Crippen molar-refractivity contribution in [2.45, 2.75) is 70.6 Å². The summed E-state index contributed by atoms with van der Waals surface area (Å²) in [5.41, 5.74) is 13.4. The molecule has 12 heteroatoms. The van der Waals surface area contributed by atoms with E-state index in [2.05, 4.69) is 15.3 Å². The smallest absolute Gasteiger partial charge is 0.306 e. The van der Waals surface area contributed by atoms with Crippen molar-refractivity contribution in [2.24, 2.45) is 23.2 Å². The number of nitrogen functional groups attached to an aromatic ring is 2. The van der Waals surface area contributed by atoms with Gasteiger partial charge in [-0.05, 0) is 92.2 Å². The molecule has 5 N–H and O–H groups in total. The van der Waals surface area contributed by atoms with E-state index >= 15 is 0 Å².